The fourth-order valence-electron chi connectivity index (χ4n) is 3.02. The summed E-state index contributed by atoms with van der Waals surface area (Å²) in [5.74, 6) is 2.11. The van der Waals surface area contributed by atoms with Crippen LogP contribution in [0.25, 0.3) is 11.0 Å². The highest BCUT2D eigenvalue weighted by molar-refractivity contribution is 5.76. The maximum Gasteiger partial charge on any atom is 0.119 e. The van der Waals surface area contributed by atoms with E-state index in [4.69, 9.17) is 9.72 Å². The van der Waals surface area contributed by atoms with Crippen LogP contribution in [0, 0.1) is 20.8 Å². The lowest BCUT2D eigenvalue weighted by Gasteiger charge is -2.11. The van der Waals surface area contributed by atoms with E-state index in [0.717, 1.165) is 43.1 Å². The molecule has 126 valence electrons. The minimum atomic E-state index is 0.719. The van der Waals surface area contributed by atoms with Crippen molar-refractivity contribution >= 4 is 11.0 Å². The Morgan fingerprint density at radius 3 is 2.58 bits per heavy atom. The molecule has 0 aliphatic heterocycles. The maximum atomic E-state index is 5.92. The smallest absolute Gasteiger partial charge is 0.119 e. The minimum absolute atomic E-state index is 0.719. The van der Waals surface area contributed by atoms with Crippen molar-refractivity contribution in [2.24, 2.45) is 0 Å². The van der Waals surface area contributed by atoms with E-state index in [1.54, 1.807) is 0 Å². The average Bonchev–Trinajstić information content (AvgIpc) is 2.92. The van der Waals surface area contributed by atoms with Gasteiger partial charge in [-0.25, -0.2) is 4.98 Å². The van der Waals surface area contributed by atoms with E-state index in [-0.39, 0.29) is 0 Å². The Morgan fingerprint density at radius 2 is 1.83 bits per heavy atom. The highest BCUT2D eigenvalue weighted by atomic mass is 16.5. The molecule has 0 spiro atoms. The molecule has 3 rings (SSSR count). The zero-order valence-electron chi connectivity index (χ0n) is 15.1. The van der Waals surface area contributed by atoms with E-state index >= 15 is 0 Å². The third-order valence-corrected chi connectivity index (χ3v) is 4.57. The van der Waals surface area contributed by atoms with Crippen LogP contribution < -0.4 is 4.74 Å². The van der Waals surface area contributed by atoms with Crippen LogP contribution >= 0.6 is 0 Å². The number of ether oxygens (including phenoxy) is 1. The van der Waals surface area contributed by atoms with Crippen LogP contribution in [0.5, 0.6) is 5.75 Å². The predicted molar refractivity (Wildman–Crippen MR) is 99.9 cm³/mol. The zero-order valence-corrected chi connectivity index (χ0v) is 15.1. The minimum Gasteiger partial charge on any atom is -0.494 e. The van der Waals surface area contributed by atoms with Crippen LogP contribution in [-0.4, -0.2) is 16.2 Å². The number of benzene rings is 2. The Balaban J connectivity index is 1.67. The number of aromatic nitrogens is 2. The SMILES string of the molecule is CCc1nc2ccc(C)cc2n1CCCOc1ccc(C)c(C)c1. The van der Waals surface area contributed by atoms with Gasteiger partial charge in [0.05, 0.1) is 17.6 Å². The average molecular weight is 322 g/mol. The number of rotatable bonds is 6. The molecule has 3 aromatic rings. The van der Waals surface area contributed by atoms with Crippen LogP contribution in [0.3, 0.4) is 0 Å². The molecule has 0 fully saturated rings. The second kappa shape index (κ2) is 7.08. The van der Waals surface area contributed by atoms with Crippen LogP contribution in [0.1, 0.15) is 35.9 Å². The van der Waals surface area contributed by atoms with Gasteiger partial charge in [0, 0.05) is 13.0 Å². The largest absolute Gasteiger partial charge is 0.494 e. The van der Waals surface area contributed by atoms with Gasteiger partial charge in [-0.05, 0) is 68.1 Å². The van der Waals surface area contributed by atoms with E-state index in [2.05, 4.69) is 68.7 Å². The highest BCUT2D eigenvalue weighted by Gasteiger charge is 2.09. The molecule has 0 amide bonds. The van der Waals surface area contributed by atoms with Gasteiger partial charge in [0.25, 0.3) is 0 Å². The quantitative estimate of drug-likeness (QED) is 0.598. The van der Waals surface area contributed by atoms with Gasteiger partial charge in [-0.2, -0.15) is 0 Å². The lowest BCUT2D eigenvalue weighted by atomic mass is 10.1. The van der Waals surface area contributed by atoms with E-state index < -0.39 is 0 Å². The lowest BCUT2D eigenvalue weighted by molar-refractivity contribution is 0.301. The van der Waals surface area contributed by atoms with Gasteiger partial charge in [-0.1, -0.05) is 19.1 Å². The molecule has 0 bridgehead atoms. The molecule has 0 aliphatic rings. The number of fused-ring (bicyclic) bond motifs is 1. The van der Waals surface area contributed by atoms with Gasteiger partial charge in [0.1, 0.15) is 11.6 Å². The van der Waals surface area contributed by atoms with Gasteiger partial charge in [0.2, 0.25) is 0 Å². The first-order chi connectivity index (χ1) is 11.6. The molecule has 0 saturated heterocycles. The molecule has 0 atom stereocenters. The normalized spacial score (nSPS) is 11.2. The van der Waals surface area contributed by atoms with Crippen LogP contribution in [0.15, 0.2) is 36.4 Å². The molecule has 0 unspecified atom stereocenters. The van der Waals surface area contributed by atoms with Gasteiger partial charge in [-0.15, -0.1) is 0 Å². The zero-order chi connectivity index (χ0) is 17.1. The number of imidazole rings is 1. The Hall–Kier alpha value is -2.29. The summed E-state index contributed by atoms with van der Waals surface area (Å²) >= 11 is 0. The van der Waals surface area contributed by atoms with Crippen LogP contribution in [0.2, 0.25) is 0 Å². The molecule has 3 heteroatoms. The molecular formula is C21H26N2O. The fraction of sp³-hybridized carbons (Fsp3) is 0.381. The Kier molecular flexibility index (Phi) is 4.89. The molecule has 24 heavy (non-hydrogen) atoms. The highest BCUT2D eigenvalue weighted by Crippen LogP contribution is 2.20. The van der Waals surface area contributed by atoms with Crippen molar-refractivity contribution in [2.45, 2.75) is 47.1 Å². The molecule has 0 N–H and O–H groups in total. The van der Waals surface area contributed by atoms with E-state index in [9.17, 15) is 0 Å². The third-order valence-electron chi connectivity index (χ3n) is 4.57. The van der Waals surface area contributed by atoms with Crippen molar-refractivity contribution in [3.63, 3.8) is 0 Å². The van der Waals surface area contributed by atoms with Crippen LogP contribution in [0.4, 0.5) is 0 Å². The van der Waals surface area contributed by atoms with Gasteiger partial charge in [0.15, 0.2) is 0 Å². The van der Waals surface area contributed by atoms with Crippen molar-refractivity contribution < 1.29 is 4.74 Å². The van der Waals surface area contributed by atoms with E-state index in [1.165, 1.54) is 22.2 Å². The Morgan fingerprint density at radius 1 is 1.00 bits per heavy atom. The maximum absolute atomic E-state index is 5.92. The van der Waals surface area contributed by atoms with Gasteiger partial charge >= 0.3 is 0 Å². The number of hydrogen-bond acceptors (Lipinski definition) is 2. The summed E-state index contributed by atoms with van der Waals surface area (Å²) in [5.41, 5.74) is 6.18. The first-order valence-electron chi connectivity index (χ1n) is 8.74. The van der Waals surface area contributed by atoms with Crippen LogP contribution in [-0.2, 0) is 13.0 Å². The second-order valence-corrected chi connectivity index (χ2v) is 6.47. The van der Waals surface area contributed by atoms with E-state index in [0.29, 0.717) is 0 Å². The fourth-order valence-corrected chi connectivity index (χ4v) is 3.02. The molecule has 0 aliphatic carbocycles. The summed E-state index contributed by atoms with van der Waals surface area (Å²) in [6.07, 6.45) is 1.92. The van der Waals surface area contributed by atoms with Crippen molar-refractivity contribution in [3.05, 3.63) is 58.9 Å². The Bertz CT molecular complexity index is 848. The van der Waals surface area contributed by atoms with Crippen molar-refractivity contribution in [1.29, 1.82) is 0 Å². The number of nitrogens with zero attached hydrogens (tertiary/aromatic N) is 2. The van der Waals surface area contributed by atoms with Crippen molar-refractivity contribution in [3.8, 4) is 5.75 Å². The van der Waals surface area contributed by atoms with Crippen molar-refractivity contribution in [1.82, 2.24) is 9.55 Å². The summed E-state index contributed by atoms with van der Waals surface area (Å²) in [6.45, 7) is 10.2. The second-order valence-electron chi connectivity index (χ2n) is 6.47. The topological polar surface area (TPSA) is 27.1 Å². The summed E-state index contributed by atoms with van der Waals surface area (Å²) in [6, 6.07) is 12.8. The monoisotopic (exact) mass is 322 g/mol. The summed E-state index contributed by atoms with van der Waals surface area (Å²) < 4.78 is 8.26. The number of aryl methyl sites for hydroxylation is 5. The molecule has 0 saturated carbocycles. The molecule has 3 nitrogen and oxygen atoms in total. The molecule has 0 radical (unpaired) electrons. The Labute approximate surface area is 144 Å². The molecular weight excluding hydrogens is 296 g/mol. The predicted octanol–water partition coefficient (Wildman–Crippen LogP) is 4.99. The number of hydrogen-bond donors (Lipinski definition) is 0. The van der Waals surface area contributed by atoms with E-state index in [1.807, 2.05) is 0 Å². The molecule has 1 heterocycles. The summed E-state index contributed by atoms with van der Waals surface area (Å²) in [7, 11) is 0. The molecule has 1 aromatic heterocycles. The van der Waals surface area contributed by atoms with Gasteiger partial charge < -0.3 is 9.30 Å². The standard InChI is InChI=1S/C21H26N2O/c1-5-21-22-19-10-7-15(2)13-20(19)23(21)11-6-12-24-18-9-8-16(3)17(4)14-18/h7-10,13-14H,5-6,11-12H2,1-4H3. The first-order valence-corrected chi connectivity index (χ1v) is 8.74. The summed E-state index contributed by atoms with van der Waals surface area (Å²) in [4.78, 5) is 4.75. The van der Waals surface area contributed by atoms with Gasteiger partial charge in [-0.3, -0.25) is 0 Å². The first kappa shape index (κ1) is 16.6. The summed E-state index contributed by atoms with van der Waals surface area (Å²) in [5, 5.41) is 0. The van der Waals surface area contributed by atoms with Crippen molar-refractivity contribution in [2.75, 3.05) is 6.61 Å². The molecule has 2 aromatic carbocycles. The lowest BCUT2D eigenvalue weighted by Crippen LogP contribution is -2.07. The third kappa shape index (κ3) is 3.45.